The van der Waals surface area contributed by atoms with Crippen LogP contribution in [0, 0.1) is 0 Å². The summed E-state index contributed by atoms with van der Waals surface area (Å²) in [5.41, 5.74) is 1.13. The molecule has 0 radical (unpaired) electrons. The van der Waals surface area contributed by atoms with Crippen LogP contribution in [0.5, 0.6) is 0 Å². The number of benzene rings is 1. The number of nitrogens with zero attached hydrogens (tertiary/aromatic N) is 2. The Bertz CT molecular complexity index is 733. The summed E-state index contributed by atoms with van der Waals surface area (Å²) in [5.74, 6) is 0.343. The number of anilines is 2. The topological polar surface area (TPSA) is 77.5 Å². The maximum Gasteiger partial charge on any atom is 0.259 e. The average Bonchev–Trinajstić information content (AvgIpc) is 2.63. The molecular formula is C18H21ClN4O2. The smallest absolute Gasteiger partial charge is 0.259 e. The highest BCUT2D eigenvalue weighted by Crippen LogP contribution is 2.20. The number of hydrogen-bond donors (Lipinski definition) is 3. The molecule has 0 aliphatic carbocycles. The second kappa shape index (κ2) is 8.29. The normalized spacial score (nSPS) is 15.8. The molecule has 3 rings (SSSR count). The van der Waals surface area contributed by atoms with Crippen molar-refractivity contribution in [3.8, 4) is 0 Å². The predicted molar refractivity (Wildman–Crippen MR) is 98.9 cm³/mol. The minimum Gasteiger partial charge on any atom is -0.381 e. The lowest BCUT2D eigenvalue weighted by Gasteiger charge is -2.31. The molecule has 6 nitrogen and oxygen atoms in total. The van der Waals surface area contributed by atoms with Gasteiger partial charge >= 0.3 is 0 Å². The van der Waals surface area contributed by atoms with Crippen molar-refractivity contribution < 1.29 is 9.90 Å². The highest BCUT2D eigenvalue weighted by molar-refractivity contribution is 6.31. The molecule has 0 spiro atoms. The van der Waals surface area contributed by atoms with E-state index >= 15 is 0 Å². The van der Waals surface area contributed by atoms with Gasteiger partial charge in [0.1, 0.15) is 5.82 Å². The van der Waals surface area contributed by atoms with Crippen LogP contribution in [0.15, 0.2) is 42.6 Å². The molecule has 1 fully saturated rings. The van der Waals surface area contributed by atoms with E-state index in [2.05, 4.69) is 15.6 Å². The molecule has 1 amide bonds. The van der Waals surface area contributed by atoms with Gasteiger partial charge in [-0.15, -0.1) is 0 Å². The van der Waals surface area contributed by atoms with Crippen LogP contribution in [0.4, 0.5) is 11.5 Å². The fourth-order valence-corrected chi connectivity index (χ4v) is 3.07. The van der Waals surface area contributed by atoms with Crippen molar-refractivity contribution in [1.82, 2.24) is 9.88 Å². The number of nitrogens with one attached hydrogen (secondary N) is 2. The first kappa shape index (κ1) is 17.7. The fraction of sp³-hybridized carbons (Fsp3) is 0.333. The number of hydrogen-bond acceptors (Lipinski definition) is 5. The van der Waals surface area contributed by atoms with Gasteiger partial charge in [-0.2, -0.15) is 0 Å². The minimum absolute atomic E-state index is 0.0869. The lowest BCUT2D eigenvalue weighted by Crippen LogP contribution is -2.39. The number of halogens is 1. The van der Waals surface area contributed by atoms with E-state index in [9.17, 15) is 9.90 Å². The average molecular weight is 361 g/mol. The standard InChI is InChI=1S/C18H21ClN4O2/c19-13-3-1-4-15(11-13)22-18(25)16-5-2-8-20-17(16)21-14-6-9-23(12-24)10-7-14/h1-5,8,11,14,24H,6-7,9-10,12H2,(H,20,21)(H,22,25). The zero-order valence-corrected chi connectivity index (χ0v) is 14.5. The number of pyridine rings is 1. The van der Waals surface area contributed by atoms with Crippen LogP contribution < -0.4 is 10.6 Å². The SMILES string of the molecule is O=C(Nc1cccc(Cl)c1)c1cccnc1NC1CCN(CO)CC1. The molecule has 0 unspecified atom stereocenters. The van der Waals surface area contributed by atoms with E-state index in [0.717, 1.165) is 25.9 Å². The Balaban J connectivity index is 1.69. The third-order valence-corrected chi connectivity index (χ3v) is 4.50. The molecule has 1 aliphatic heterocycles. The van der Waals surface area contributed by atoms with Crippen LogP contribution in [-0.4, -0.2) is 46.8 Å². The Kier molecular flexibility index (Phi) is 5.86. The first-order chi connectivity index (χ1) is 12.2. The highest BCUT2D eigenvalue weighted by Gasteiger charge is 2.21. The van der Waals surface area contributed by atoms with E-state index in [0.29, 0.717) is 22.1 Å². The molecule has 0 atom stereocenters. The summed E-state index contributed by atoms with van der Waals surface area (Å²) in [5, 5.41) is 16.0. The van der Waals surface area contributed by atoms with Gasteiger partial charge in [0, 0.05) is 36.0 Å². The Morgan fingerprint density at radius 2 is 2.08 bits per heavy atom. The quantitative estimate of drug-likeness (QED) is 0.764. The van der Waals surface area contributed by atoms with Crippen molar-refractivity contribution in [3.05, 3.63) is 53.2 Å². The number of aromatic nitrogens is 1. The number of rotatable bonds is 5. The van der Waals surface area contributed by atoms with Gasteiger partial charge in [-0.05, 0) is 43.2 Å². The Labute approximate surface area is 151 Å². The van der Waals surface area contributed by atoms with Crippen molar-refractivity contribution in [2.75, 3.05) is 30.5 Å². The number of carbonyl (C=O) groups excluding carboxylic acids is 1. The minimum atomic E-state index is -0.231. The van der Waals surface area contributed by atoms with Crippen molar-refractivity contribution in [2.45, 2.75) is 18.9 Å². The molecule has 2 aromatic rings. The van der Waals surface area contributed by atoms with E-state index in [1.807, 2.05) is 4.90 Å². The summed E-state index contributed by atoms with van der Waals surface area (Å²) in [4.78, 5) is 18.9. The number of carbonyl (C=O) groups is 1. The second-order valence-electron chi connectivity index (χ2n) is 6.04. The molecule has 25 heavy (non-hydrogen) atoms. The monoisotopic (exact) mass is 360 g/mol. The van der Waals surface area contributed by atoms with E-state index in [1.165, 1.54) is 0 Å². The molecule has 1 aromatic heterocycles. The maximum absolute atomic E-state index is 12.6. The molecule has 1 aromatic carbocycles. The number of aliphatic hydroxyl groups excluding tert-OH is 1. The summed E-state index contributed by atoms with van der Waals surface area (Å²) in [6, 6.07) is 10.8. The lowest BCUT2D eigenvalue weighted by molar-refractivity contribution is 0.0863. The molecule has 0 saturated carbocycles. The van der Waals surface area contributed by atoms with Gasteiger partial charge < -0.3 is 15.7 Å². The summed E-state index contributed by atoms with van der Waals surface area (Å²) in [6.45, 7) is 1.74. The predicted octanol–water partition coefficient (Wildman–Crippen LogP) is 2.81. The Hall–Kier alpha value is -2.15. The van der Waals surface area contributed by atoms with Crippen LogP contribution in [0.25, 0.3) is 0 Å². The van der Waals surface area contributed by atoms with E-state index in [4.69, 9.17) is 11.6 Å². The molecular weight excluding hydrogens is 340 g/mol. The number of amides is 1. The maximum atomic E-state index is 12.6. The van der Waals surface area contributed by atoms with Gasteiger partial charge in [-0.3, -0.25) is 9.69 Å². The van der Waals surface area contributed by atoms with Crippen molar-refractivity contribution >= 4 is 29.0 Å². The largest absolute Gasteiger partial charge is 0.381 e. The number of likely N-dealkylation sites (tertiary alicyclic amines) is 1. The zero-order valence-electron chi connectivity index (χ0n) is 13.8. The summed E-state index contributed by atoms with van der Waals surface area (Å²) in [6.07, 6.45) is 3.46. The van der Waals surface area contributed by atoms with Gasteiger partial charge in [-0.1, -0.05) is 17.7 Å². The molecule has 3 N–H and O–H groups in total. The zero-order chi connectivity index (χ0) is 17.6. The third kappa shape index (κ3) is 4.69. The second-order valence-corrected chi connectivity index (χ2v) is 6.48. The van der Waals surface area contributed by atoms with Crippen LogP contribution in [0.1, 0.15) is 23.2 Å². The molecule has 1 saturated heterocycles. The van der Waals surface area contributed by atoms with Crippen molar-refractivity contribution in [1.29, 1.82) is 0 Å². The van der Waals surface area contributed by atoms with Gasteiger partial charge in [0.15, 0.2) is 0 Å². The van der Waals surface area contributed by atoms with Crippen LogP contribution in [0.2, 0.25) is 5.02 Å². The van der Waals surface area contributed by atoms with Crippen LogP contribution in [0.3, 0.4) is 0 Å². The first-order valence-corrected chi connectivity index (χ1v) is 8.65. The van der Waals surface area contributed by atoms with E-state index in [1.54, 1.807) is 42.6 Å². The molecule has 1 aliphatic rings. The number of aliphatic hydroxyl groups is 1. The fourth-order valence-electron chi connectivity index (χ4n) is 2.88. The van der Waals surface area contributed by atoms with Crippen molar-refractivity contribution in [2.24, 2.45) is 0 Å². The van der Waals surface area contributed by atoms with Gasteiger partial charge in [-0.25, -0.2) is 4.98 Å². The van der Waals surface area contributed by atoms with E-state index < -0.39 is 0 Å². The van der Waals surface area contributed by atoms with E-state index in [-0.39, 0.29) is 18.7 Å². The number of piperidine rings is 1. The van der Waals surface area contributed by atoms with Gasteiger partial charge in [0.25, 0.3) is 5.91 Å². The molecule has 2 heterocycles. The summed E-state index contributed by atoms with van der Waals surface area (Å²) in [7, 11) is 0. The summed E-state index contributed by atoms with van der Waals surface area (Å²) >= 11 is 5.96. The van der Waals surface area contributed by atoms with Gasteiger partial charge in [0.2, 0.25) is 0 Å². The molecule has 7 heteroatoms. The Morgan fingerprint density at radius 3 is 2.80 bits per heavy atom. The molecule has 0 bridgehead atoms. The highest BCUT2D eigenvalue weighted by atomic mass is 35.5. The molecule has 132 valence electrons. The lowest BCUT2D eigenvalue weighted by atomic mass is 10.1. The van der Waals surface area contributed by atoms with Crippen molar-refractivity contribution in [3.63, 3.8) is 0 Å². The first-order valence-electron chi connectivity index (χ1n) is 8.27. The third-order valence-electron chi connectivity index (χ3n) is 4.26. The summed E-state index contributed by atoms with van der Waals surface area (Å²) < 4.78 is 0. The van der Waals surface area contributed by atoms with Crippen LogP contribution in [-0.2, 0) is 0 Å². The van der Waals surface area contributed by atoms with Gasteiger partial charge in [0.05, 0.1) is 12.3 Å². The Morgan fingerprint density at radius 1 is 1.28 bits per heavy atom. The van der Waals surface area contributed by atoms with Crippen LogP contribution >= 0.6 is 11.6 Å².